The Kier molecular flexibility index (Phi) is 2.22. The second-order valence-corrected chi connectivity index (χ2v) is 3.05. The smallest absolute Gasteiger partial charge is 0.317 e. The summed E-state index contributed by atoms with van der Waals surface area (Å²) in [5.41, 5.74) is 0. The van der Waals surface area contributed by atoms with Crippen LogP contribution in [0.4, 0.5) is 4.79 Å². The topological polar surface area (TPSA) is 51.5 Å². The van der Waals surface area contributed by atoms with Crippen LogP contribution in [0.3, 0.4) is 0 Å². The summed E-state index contributed by atoms with van der Waals surface area (Å²) in [4.78, 5) is 28.6. The molecule has 0 radical (unpaired) electrons. The second kappa shape index (κ2) is 3.53. The van der Waals surface area contributed by atoms with Crippen molar-refractivity contribution in [1.29, 1.82) is 0 Å². The van der Waals surface area contributed by atoms with E-state index in [2.05, 4.69) is 0 Å². The van der Waals surface area contributed by atoms with E-state index >= 15 is 0 Å². The summed E-state index contributed by atoms with van der Waals surface area (Å²) in [5.74, 6) is -0.165. The van der Waals surface area contributed by atoms with Crippen molar-refractivity contribution in [2.45, 2.75) is 12.8 Å². The van der Waals surface area contributed by atoms with Crippen molar-refractivity contribution in [2.75, 3.05) is 6.54 Å². The van der Waals surface area contributed by atoms with Crippen molar-refractivity contribution in [3.63, 3.8) is 0 Å². The summed E-state index contributed by atoms with van der Waals surface area (Å²) in [6, 6.07) is 3.47. The van der Waals surface area contributed by atoms with Gasteiger partial charge in [0, 0.05) is 25.4 Å². The first-order valence-corrected chi connectivity index (χ1v) is 4.43. The summed E-state index contributed by atoms with van der Waals surface area (Å²) in [7, 11) is 0. The fourth-order valence-corrected chi connectivity index (χ4v) is 1.36. The third-order valence-electron chi connectivity index (χ3n) is 2.05. The maximum absolute atomic E-state index is 11.4. The number of nitrogens with zero attached hydrogens (tertiary/aromatic N) is 2. The molecule has 1 aliphatic rings. The van der Waals surface area contributed by atoms with Crippen molar-refractivity contribution in [1.82, 2.24) is 9.63 Å². The van der Waals surface area contributed by atoms with Gasteiger partial charge >= 0.3 is 6.09 Å². The Hall–Kier alpha value is -1.78. The van der Waals surface area contributed by atoms with Crippen molar-refractivity contribution >= 4 is 12.0 Å². The summed E-state index contributed by atoms with van der Waals surface area (Å²) in [6.45, 7) is 0.457. The minimum Gasteiger partial charge on any atom is -0.317 e. The summed E-state index contributed by atoms with van der Waals surface area (Å²) < 4.78 is 1.27. The van der Waals surface area contributed by atoms with Gasteiger partial charge in [0.25, 0.3) is 0 Å². The number of carbonyl (C=O) groups is 2. The molecule has 5 heteroatoms. The van der Waals surface area contributed by atoms with Crippen molar-refractivity contribution < 1.29 is 14.4 Å². The second-order valence-electron chi connectivity index (χ2n) is 3.05. The van der Waals surface area contributed by atoms with E-state index in [1.165, 1.54) is 4.73 Å². The van der Waals surface area contributed by atoms with Crippen LogP contribution in [-0.2, 0) is 4.79 Å². The zero-order chi connectivity index (χ0) is 9.97. The number of aromatic nitrogens is 1. The van der Waals surface area contributed by atoms with Gasteiger partial charge in [-0.2, -0.15) is 4.73 Å². The predicted octanol–water partition coefficient (Wildman–Crippen LogP) is 0.659. The predicted molar refractivity (Wildman–Crippen MR) is 47.4 cm³/mol. The van der Waals surface area contributed by atoms with E-state index in [9.17, 15) is 9.59 Å². The first-order valence-electron chi connectivity index (χ1n) is 4.43. The van der Waals surface area contributed by atoms with Crippen LogP contribution in [0.5, 0.6) is 0 Å². The Labute approximate surface area is 80.8 Å². The van der Waals surface area contributed by atoms with Crippen LogP contribution in [0.1, 0.15) is 12.8 Å². The molecule has 0 atom stereocenters. The molecule has 0 saturated carbocycles. The minimum absolute atomic E-state index is 0.165. The molecule has 0 bridgehead atoms. The first kappa shape index (κ1) is 8.80. The van der Waals surface area contributed by atoms with E-state index in [0.717, 1.165) is 11.3 Å². The molecule has 0 N–H and O–H groups in total. The van der Waals surface area contributed by atoms with Crippen LogP contribution in [0.2, 0.25) is 0 Å². The average molecular weight is 194 g/mol. The molecular formula is C9H10N2O3. The van der Waals surface area contributed by atoms with E-state index in [1.54, 1.807) is 24.5 Å². The highest BCUT2D eigenvalue weighted by molar-refractivity contribution is 5.93. The van der Waals surface area contributed by atoms with Gasteiger partial charge in [0.2, 0.25) is 5.91 Å². The highest BCUT2D eigenvalue weighted by atomic mass is 16.7. The van der Waals surface area contributed by atoms with Crippen molar-refractivity contribution in [3.05, 3.63) is 24.5 Å². The molecule has 2 rings (SSSR count). The van der Waals surface area contributed by atoms with Gasteiger partial charge in [-0.25, -0.2) is 9.69 Å². The van der Waals surface area contributed by atoms with Gasteiger partial charge in [-0.1, -0.05) is 0 Å². The Bertz CT molecular complexity index is 345. The van der Waals surface area contributed by atoms with Crippen LogP contribution in [0, 0.1) is 0 Å². The lowest BCUT2D eigenvalue weighted by Crippen LogP contribution is -2.37. The average Bonchev–Trinajstić information content (AvgIpc) is 2.75. The van der Waals surface area contributed by atoms with Crippen molar-refractivity contribution in [2.24, 2.45) is 0 Å². The van der Waals surface area contributed by atoms with E-state index < -0.39 is 6.09 Å². The van der Waals surface area contributed by atoms with E-state index in [-0.39, 0.29) is 5.91 Å². The molecular weight excluding hydrogens is 184 g/mol. The minimum atomic E-state index is -0.608. The molecule has 74 valence electrons. The lowest BCUT2D eigenvalue weighted by atomic mass is 10.4. The van der Waals surface area contributed by atoms with Gasteiger partial charge in [-0.05, 0) is 18.6 Å². The number of carbonyl (C=O) groups excluding carboxylic acids is 2. The highest BCUT2D eigenvalue weighted by Crippen LogP contribution is 2.09. The van der Waals surface area contributed by atoms with Gasteiger partial charge in [0.1, 0.15) is 0 Å². The first-order chi connectivity index (χ1) is 6.77. The summed E-state index contributed by atoms with van der Waals surface area (Å²) in [5, 5.41) is 0. The highest BCUT2D eigenvalue weighted by Gasteiger charge is 2.28. The number of hydrogen-bond donors (Lipinski definition) is 0. The van der Waals surface area contributed by atoms with Crippen LogP contribution < -0.4 is 4.84 Å². The van der Waals surface area contributed by atoms with Gasteiger partial charge in [0.05, 0.1) is 0 Å². The molecule has 1 aliphatic heterocycles. The van der Waals surface area contributed by atoms with Gasteiger partial charge in [0.15, 0.2) is 0 Å². The van der Waals surface area contributed by atoms with Gasteiger partial charge < -0.3 is 4.84 Å². The van der Waals surface area contributed by atoms with Gasteiger partial charge in [-0.15, -0.1) is 0 Å². The molecule has 1 saturated heterocycles. The molecule has 0 spiro atoms. The Morgan fingerprint density at radius 1 is 1.36 bits per heavy atom. The molecule has 1 aromatic heterocycles. The Morgan fingerprint density at radius 3 is 2.64 bits per heavy atom. The molecule has 2 heterocycles. The number of hydrogen-bond acceptors (Lipinski definition) is 3. The Balaban J connectivity index is 1.99. The van der Waals surface area contributed by atoms with Crippen LogP contribution in [0.25, 0.3) is 0 Å². The molecule has 0 aliphatic carbocycles. The third kappa shape index (κ3) is 1.61. The normalized spacial score (nSPS) is 16.0. The standard InChI is InChI=1S/C9H10N2O3/c12-8-4-3-7-11(8)9(13)14-10-5-1-2-6-10/h1-2,5-6H,3-4,7H2. The molecule has 0 unspecified atom stereocenters. The molecule has 14 heavy (non-hydrogen) atoms. The Morgan fingerprint density at radius 2 is 2.07 bits per heavy atom. The molecule has 1 aromatic rings. The lowest BCUT2D eigenvalue weighted by molar-refractivity contribution is -0.126. The zero-order valence-electron chi connectivity index (χ0n) is 7.55. The van der Waals surface area contributed by atoms with E-state index in [1.807, 2.05) is 0 Å². The van der Waals surface area contributed by atoms with Crippen LogP contribution in [0.15, 0.2) is 24.5 Å². The van der Waals surface area contributed by atoms with Crippen molar-refractivity contribution in [3.8, 4) is 0 Å². The zero-order valence-corrected chi connectivity index (χ0v) is 7.55. The lowest BCUT2D eigenvalue weighted by Gasteiger charge is -2.12. The number of imide groups is 1. The molecule has 5 nitrogen and oxygen atoms in total. The quantitative estimate of drug-likeness (QED) is 0.659. The number of likely N-dealkylation sites (tertiary alicyclic amines) is 1. The van der Waals surface area contributed by atoms with Gasteiger partial charge in [-0.3, -0.25) is 4.79 Å². The molecule has 2 amide bonds. The third-order valence-corrected chi connectivity index (χ3v) is 2.05. The van der Waals surface area contributed by atoms with E-state index in [4.69, 9.17) is 4.84 Å². The molecule has 1 fully saturated rings. The van der Waals surface area contributed by atoms with Crippen LogP contribution >= 0.6 is 0 Å². The summed E-state index contributed by atoms with van der Waals surface area (Å²) in [6.07, 6.45) is 3.74. The fraction of sp³-hybridized carbons (Fsp3) is 0.333. The number of amides is 2. The number of rotatable bonds is 1. The maximum atomic E-state index is 11.4. The summed E-state index contributed by atoms with van der Waals surface area (Å²) >= 11 is 0. The SMILES string of the molecule is O=C1CCCN1C(=O)On1cccc1. The fourth-order valence-electron chi connectivity index (χ4n) is 1.36. The molecule has 0 aromatic carbocycles. The van der Waals surface area contributed by atoms with E-state index in [0.29, 0.717) is 13.0 Å². The largest absolute Gasteiger partial charge is 0.441 e. The monoisotopic (exact) mass is 194 g/mol. The van der Waals surface area contributed by atoms with Crippen LogP contribution in [-0.4, -0.2) is 28.2 Å². The maximum Gasteiger partial charge on any atom is 0.441 e.